The van der Waals surface area contributed by atoms with E-state index in [1.165, 1.54) is 51.1 Å². The third kappa shape index (κ3) is 3.61. The highest BCUT2D eigenvalue weighted by atomic mass is 19.3. The summed E-state index contributed by atoms with van der Waals surface area (Å²) in [5.41, 5.74) is 0.361. The fourth-order valence-electron chi connectivity index (χ4n) is 10.7. The first kappa shape index (κ1) is 24.3. The summed E-state index contributed by atoms with van der Waals surface area (Å²) >= 11 is 0. The van der Waals surface area contributed by atoms with Gasteiger partial charge in [-0.15, -0.1) is 0 Å². The zero-order valence-corrected chi connectivity index (χ0v) is 22.4. The SMILES string of the molecule is C[C@H]1CC[C@@H]2C3CC[C@@]4(C)C([C@@H]3CC[C@@H]2C1)[C@@H]1[C@H](C)[C@@H]1[C@@H]4C(=O)Cn1cc(C(=O)N2CC(F)(F)C2)cn1. The number of halogens is 2. The van der Waals surface area contributed by atoms with Crippen molar-refractivity contribution in [3.05, 3.63) is 18.0 Å². The lowest BCUT2D eigenvalue weighted by molar-refractivity contribution is -0.135. The molecule has 7 rings (SSSR count). The Morgan fingerprint density at radius 3 is 2.54 bits per heavy atom. The van der Waals surface area contributed by atoms with Crippen LogP contribution in [0, 0.1) is 64.6 Å². The van der Waals surface area contributed by atoms with E-state index in [0.29, 0.717) is 23.7 Å². The van der Waals surface area contributed by atoms with Gasteiger partial charge in [0.1, 0.15) is 0 Å². The van der Waals surface area contributed by atoms with Crippen LogP contribution < -0.4 is 0 Å². The molecule has 5 aliphatic carbocycles. The van der Waals surface area contributed by atoms with E-state index >= 15 is 0 Å². The van der Waals surface area contributed by atoms with E-state index in [4.69, 9.17) is 0 Å². The van der Waals surface area contributed by atoms with E-state index in [1.807, 2.05) is 0 Å². The summed E-state index contributed by atoms with van der Waals surface area (Å²) in [6.07, 6.45) is 12.4. The molecule has 5 nitrogen and oxygen atoms in total. The Morgan fingerprint density at radius 2 is 1.78 bits per heavy atom. The van der Waals surface area contributed by atoms with Crippen molar-refractivity contribution < 1.29 is 18.4 Å². The Hall–Kier alpha value is -1.79. The summed E-state index contributed by atoms with van der Waals surface area (Å²) in [6.45, 7) is 6.31. The molecular formula is C30H41F2N3O2. The number of likely N-dealkylation sites (tertiary alicyclic amines) is 1. The molecule has 37 heavy (non-hydrogen) atoms. The van der Waals surface area contributed by atoms with Crippen LogP contribution in [0.5, 0.6) is 0 Å². The monoisotopic (exact) mass is 513 g/mol. The fraction of sp³-hybridized carbons (Fsp3) is 0.833. The highest BCUT2D eigenvalue weighted by molar-refractivity contribution is 5.94. The summed E-state index contributed by atoms with van der Waals surface area (Å²) in [5, 5.41) is 4.29. The molecule has 11 atom stereocenters. The highest BCUT2D eigenvalue weighted by Crippen LogP contribution is 2.76. The molecule has 0 N–H and O–H groups in total. The molecule has 7 heteroatoms. The smallest absolute Gasteiger partial charge is 0.282 e. The van der Waals surface area contributed by atoms with Crippen LogP contribution in [0.25, 0.3) is 0 Å². The minimum Gasteiger partial charge on any atom is -0.326 e. The molecule has 1 amide bonds. The molecule has 1 aromatic rings. The van der Waals surface area contributed by atoms with E-state index in [1.54, 1.807) is 10.9 Å². The molecule has 202 valence electrons. The predicted molar refractivity (Wildman–Crippen MR) is 135 cm³/mol. The molecule has 5 saturated carbocycles. The number of nitrogens with zero attached hydrogens (tertiary/aromatic N) is 3. The first-order chi connectivity index (χ1) is 17.6. The van der Waals surface area contributed by atoms with Crippen molar-refractivity contribution in [2.24, 2.45) is 64.6 Å². The summed E-state index contributed by atoms with van der Waals surface area (Å²) in [4.78, 5) is 27.6. The van der Waals surface area contributed by atoms with Crippen molar-refractivity contribution in [1.82, 2.24) is 14.7 Å². The molecule has 1 aliphatic heterocycles. The average Bonchev–Trinajstić information content (AvgIpc) is 3.17. The van der Waals surface area contributed by atoms with Crippen LogP contribution in [-0.4, -0.2) is 45.4 Å². The second-order valence-corrected chi connectivity index (χ2v) is 14.2. The van der Waals surface area contributed by atoms with Crippen molar-refractivity contribution in [1.29, 1.82) is 0 Å². The van der Waals surface area contributed by atoms with Crippen molar-refractivity contribution in [3.8, 4) is 0 Å². The van der Waals surface area contributed by atoms with Gasteiger partial charge in [-0.2, -0.15) is 5.10 Å². The third-order valence-electron chi connectivity index (χ3n) is 12.2. The van der Waals surface area contributed by atoms with E-state index in [2.05, 4.69) is 25.9 Å². The zero-order valence-electron chi connectivity index (χ0n) is 22.4. The van der Waals surface area contributed by atoms with E-state index in [-0.39, 0.29) is 29.2 Å². The lowest BCUT2D eigenvalue weighted by atomic mass is 9.47. The predicted octanol–water partition coefficient (Wildman–Crippen LogP) is 5.55. The van der Waals surface area contributed by atoms with Gasteiger partial charge < -0.3 is 4.90 Å². The topological polar surface area (TPSA) is 55.2 Å². The van der Waals surface area contributed by atoms with Gasteiger partial charge in [0.05, 0.1) is 31.4 Å². The first-order valence-corrected chi connectivity index (χ1v) is 14.8. The molecule has 1 aromatic heterocycles. The molecule has 0 spiro atoms. The number of carbonyl (C=O) groups excluding carboxylic acids is 2. The third-order valence-corrected chi connectivity index (χ3v) is 12.2. The lowest BCUT2D eigenvalue weighted by Gasteiger charge is -2.57. The van der Waals surface area contributed by atoms with Crippen LogP contribution in [0.1, 0.15) is 76.1 Å². The maximum atomic E-state index is 13.9. The molecule has 0 radical (unpaired) electrons. The van der Waals surface area contributed by atoms with Crippen molar-refractivity contribution in [3.63, 3.8) is 0 Å². The van der Waals surface area contributed by atoms with Crippen molar-refractivity contribution in [2.75, 3.05) is 13.1 Å². The number of fused-ring (bicyclic) bond motifs is 7. The summed E-state index contributed by atoms with van der Waals surface area (Å²) in [5.74, 6) is 3.94. The Labute approximate surface area is 218 Å². The van der Waals surface area contributed by atoms with Crippen LogP contribution in [0.4, 0.5) is 8.78 Å². The zero-order chi connectivity index (χ0) is 25.9. The quantitative estimate of drug-likeness (QED) is 0.531. The summed E-state index contributed by atoms with van der Waals surface area (Å²) < 4.78 is 28.0. The van der Waals surface area contributed by atoms with Gasteiger partial charge >= 0.3 is 0 Å². The van der Waals surface area contributed by atoms with E-state index < -0.39 is 24.9 Å². The number of carbonyl (C=O) groups is 2. The second-order valence-electron chi connectivity index (χ2n) is 14.2. The van der Waals surface area contributed by atoms with Gasteiger partial charge in [-0.3, -0.25) is 14.3 Å². The molecule has 0 aromatic carbocycles. The molecular weight excluding hydrogens is 472 g/mol. The number of alkyl halides is 2. The number of Topliss-reactive ketones (excluding diaryl/α,β-unsaturated/α-hetero) is 1. The van der Waals surface area contributed by atoms with Crippen molar-refractivity contribution >= 4 is 11.7 Å². The highest BCUT2D eigenvalue weighted by Gasteiger charge is 2.73. The van der Waals surface area contributed by atoms with Crippen LogP contribution in [0.15, 0.2) is 12.4 Å². The Kier molecular flexibility index (Phi) is 5.32. The standard InChI is InChI=1S/C30H41F2N3O2/c1-16-4-6-20-18(10-16)5-7-22-21(20)8-9-29(3)26(22)24-17(2)25(24)27(29)23(36)13-35-12-19(11-33-35)28(37)34-14-30(31,32)15-34/h11-12,16-18,20-22,24-27H,4-10,13-15H2,1-3H3/t16-,17-,18+,20-,21?,22+,24+,25-,26?,27-,29-/m0/s1. The normalized spacial score (nSPS) is 47.2. The summed E-state index contributed by atoms with van der Waals surface area (Å²) in [7, 11) is 0. The van der Waals surface area contributed by atoms with Gasteiger partial charge in [-0.1, -0.05) is 27.2 Å². The fourth-order valence-corrected chi connectivity index (χ4v) is 10.7. The maximum absolute atomic E-state index is 13.9. The van der Waals surface area contributed by atoms with Gasteiger partial charge in [-0.25, -0.2) is 8.78 Å². The Morgan fingerprint density at radius 1 is 1.03 bits per heavy atom. The number of hydrogen-bond acceptors (Lipinski definition) is 3. The van der Waals surface area contributed by atoms with Crippen molar-refractivity contribution in [2.45, 2.75) is 78.2 Å². The van der Waals surface area contributed by atoms with Crippen LogP contribution in [0.2, 0.25) is 0 Å². The number of rotatable bonds is 4. The number of ketones is 1. The minimum absolute atomic E-state index is 0.0694. The average molecular weight is 514 g/mol. The van der Waals surface area contributed by atoms with Gasteiger partial charge in [0.15, 0.2) is 5.78 Å². The van der Waals surface area contributed by atoms with Crippen LogP contribution in [-0.2, 0) is 11.3 Å². The number of amides is 1. The van der Waals surface area contributed by atoms with E-state index in [9.17, 15) is 18.4 Å². The molecule has 6 fully saturated rings. The van der Waals surface area contributed by atoms with Crippen LogP contribution in [0.3, 0.4) is 0 Å². The van der Waals surface area contributed by atoms with Gasteiger partial charge in [0.2, 0.25) is 0 Å². The van der Waals surface area contributed by atoms with E-state index in [0.717, 1.165) is 34.5 Å². The Balaban J connectivity index is 1.07. The maximum Gasteiger partial charge on any atom is 0.282 e. The van der Waals surface area contributed by atoms with Crippen LogP contribution >= 0.6 is 0 Å². The minimum atomic E-state index is -2.79. The number of aromatic nitrogens is 2. The summed E-state index contributed by atoms with van der Waals surface area (Å²) in [6, 6.07) is 0. The lowest BCUT2D eigenvalue weighted by Crippen LogP contribution is -2.58. The largest absolute Gasteiger partial charge is 0.326 e. The van der Waals surface area contributed by atoms with Gasteiger partial charge in [0, 0.05) is 12.1 Å². The van der Waals surface area contributed by atoms with Gasteiger partial charge in [0.25, 0.3) is 11.8 Å². The first-order valence-electron chi connectivity index (χ1n) is 14.8. The number of hydrogen-bond donors (Lipinski definition) is 0. The molecule has 6 aliphatic rings. The Bertz CT molecular complexity index is 1110. The molecule has 0 bridgehead atoms. The second kappa shape index (κ2) is 8.11. The molecule has 2 unspecified atom stereocenters. The molecule has 2 heterocycles. The van der Waals surface area contributed by atoms with Gasteiger partial charge in [-0.05, 0) is 97.2 Å². The molecule has 1 saturated heterocycles.